The molecule has 2 aromatic carbocycles. The molecule has 0 aliphatic heterocycles. The molecule has 4 heteroatoms. The zero-order chi connectivity index (χ0) is 15.1. The lowest BCUT2D eigenvalue weighted by Crippen LogP contribution is -2.28. The van der Waals surface area contributed by atoms with Crippen molar-refractivity contribution in [3.05, 3.63) is 71.3 Å². The average Bonchev–Trinajstić information content (AvgIpc) is 2.53. The summed E-state index contributed by atoms with van der Waals surface area (Å²) in [6.07, 6.45) is -0.711. The normalized spacial score (nSPS) is 11.9. The minimum absolute atomic E-state index is 0.178. The van der Waals surface area contributed by atoms with Gasteiger partial charge < -0.3 is 15.2 Å². The first kappa shape index (κ1) is 15.2. The highest BCUT2D eigenvalue weighted by Gasteiger charge is 2.10. The molecule has 21 heavy (non-hydrogen) atoms. The van der Waals surface area contributed by atoms with Crippen LogP contribution in [0.1, 0.15) is 27.6 Å². The fraction of sp³-hybridized carbons (Fsp3) is 0.235. The quantitative estimate of drug-likeness (QED) is 0.856. The Hall–Kier alpha value is -2.17. The third-order valence-electron chi connectivity index (χ3n) is 3.14. The van der Waals surface area contributed by atoms with Gasteiger partial charge in [-0.25, -0.2) is 0 Å². The van der Waals surface area contributed by atoms with Crippen molar-refractivity contribution in [3.63, 3.8) is 0 Å². The number of carbonyl (C=O) groups is 1. The smallest absolute Gasteiger partial charge is 0.251 e. The topological polar surface area (TPSA) is 58.6 Å². The fourth-order valence-corrected chi connectivity index (χ4v) is 2.05. The predicted molar refractivity (Wildman–Crippen MR) is 80.9 cm³/mol. The molecule has 110 valence electrons. The first-order chi connectivity index (χ1) is 10.2. The summed E-state index contributed by atoms with van der Waals surface area (Å²) in [5.74, 6) is -0.206. The van der Waals surface area contributed by atoms with Crippen molar-refractivity contribution in [2.24, 2.45) is 0 Å². The van der Waals surface area contributed by atoms with Crippen LogP contribution in [0.5, 0.6) is 0 Å². The highest BCUT2D eigenvalue weighted by Crippen LogP contribution is 2.11. The zero-order valence-corrected chi connectivity index (χ0v) is 12.0. The lowest BCUT2D eigenvalue weighted by Gasteiger charge is -2.12. The highest BCUT2D eigenvalue weighted by atomic mass is 16.5. The molecule has 0 heterocycles. The van der Waals surface area contributed by atoms with Gasteiger partial charge in [-0.3, -0.25) is 4.79 Å². The van der Waals surface area contributed by atoms with Crippen molar-refractivity contribution >= 4 is 5.91 Å². The number of rotatable bonds is 6. The molecule has 0 radical (unpaired) electrons. The van der Waals surface area contributed by atoms with Gasteiger partial charge in [0.15, 0.2) is 0 Å². The van der Waals surface area contributed by atoms with E-state index in [1.54, 1.807) is 19.2 Å². The molecule has 2 aromatic rings. The largest absolute Gasteiger partial charge is 0.387 e. The SMILES string of the molecule is COCc1cccc(C(=O)NCC(O)c2ccccc2)c1. The van der Waals surface area contributed by atoms with Gasteiger partial charge in [-0.05, 0) is 23.3 Å². The van der Waals surface area contributed by atoms with Crippen LogP contribution in [0, 0.1) is 0 Å². The third-order valence-corrected chi connectivity index (χ3v) is 3.14. The summed E-state index contributed by atoms with van der Waals surface area (Å²) < 4.78 is 5.05. The molecule has 0 aromatic heterocycles. The summed E-state index contributed by atoms with van der Waals surface area (Å²) in [6.45, 7) is 0.644. The molecule has 0 aliphatic carbocycles. The van der Waals surface area contributed by atoms with Gasteiger partial charge in [0.05, 0.1) is 12.7 Å². The maximum atomic E-state index is 12.1. The van der Waals surface area contributed by atoms with Crippen molar-refractivity contribution in [3.8, 4) is 0 Å². The Balaban J connectivity index is 1.94. The molecule has 0 bridgehead atoms. The summed E-state index contributed by atoms with van der Waals surface area (Å²) in [5, 5.41) is 12.8. The fourth-order valence-electron chi connectivity index (χ4n) is 2.05. The highest BCUT2D eigenvalue weighted by molar-refractivity contribution is 5.94. The number of amides is 1. The Morgan fingerprint density at radius 3 is 2.67 bits per heavy atom. The molecule has 0 saturated carbocycles. The van der Waals surface area contributed by atoms with Gasteiger partial charge in [0.25, 0.3) is 5.91 Å². The lowest BCUT2D eigenvalue weighted by atomic mass is 10.1. The second kappa shape index (κ2) is 7.57. The molecule has 0 saturated heterocycles. The average molecular weight is 285 g/mol. The Labute approximate surface area is 124 Å². The van der Waals surface area contributed by atoms with Crippen LogP contribution in [-0.2, 0) is 11.3 Å². The molecule has 1 unspecified atom stereocenters. The molecular weight excluding hydrogens is 266 g/mol. The van der Waals surface area contributed by atoms with E-state index < -0.39 is 6.10 Å². The molecule has 1 amide bonds. The Morgan fingerprint density at radius 1 is 1.19 bits per heavy atom. The van der Waals surface area contributed by atoms with Gasteiger partial charge >= 0.3 is 0 Å². The Bertz CT molecular complexity index is 584. The van der Waals surface area contributed by atoms with Gasteiger partial charge in [-0.1, -0.05) is 42.5 Å². The lowest BCUT2D eigenvalue weighted by molar-refractivity contribution is 0.0916. The van der Waals surface area contributed by atoms with E-state index in [4.69, 9.17) is 4.74 Å². The molecule has 0 aliphatic rings. The van der Waals surface area contributed by atoms with Gasteiger partial charge in [0.2, 0.25) is 0 Å². The number of ether oxygens (including phenoxy) is 1. The van der Waals surface area contributed by atoms with Crippen molar-refractivity contribution in [1.29, 1.82) is 0 Å². The van der Waals surface area contributed by atoms with Crippen molar-refractivity contribution in [2.75, 3.05) is 13.7 Å². The van der Waals surface area contributed by atoms with Gasteiger partial charge in [-0.2, -0.15) is 0 Å². The number of hydrogen-bond acceptors (Lipinski definition) is 3. The maximum Gasteiger partial charge on any atom is 0.251 e. The zero-order valence-electron chi connectivity index (χ0n) is 12.0. The summed E-state index contributed by atoms with van der Waals surface area (Å²) in [6, 6.07) is 16.5. The first-order valence-corrected chi connectivity index (χ1v) is 6.80. The summed E-state index contributed by atoms with van der Waals surface area (Å²) >= 11 is 0. The molecule has 2 rings (SSSR count). The maximum absolute atomic E-state index is 12.1. The standard InChI is InChI=1S/C17H19NO3/c1-21-12-13-6-5-9-15(10-13)17(20)18-11-16(19)14-7-3-2-4-8-14/h2-10,16,19H,11-12H2,1H3,(H,18,20). The van der Waals surface area contributed by atoms with E-state index in [9.17, 15) is 9.90 Å². The van der Waals surface area contributed by atoms with Crippen LogP contribution >= 0.6 is 0 Å². The van der Waals surface area contributed by atoms with E-state index >= 15 is 0 Å². The van der Waals surface area contributed by atoms with E-state index in [1.807, 2.05) is 42.5 Å². The number of nitrogens with one attached hydrogen (secondary N) is 1. The Morgan fingerprint density at radius 2 is 1.95 bits per heavy atom. The van der Waals surface area contributed by atoms with Crippen LogP contribution in [-0.4, -0.2) is 24.7 Å². The second-order valence-corrected chi connectivity index (χ2v) is 4.77. The van der Waals surface area contributed by atoms with E-state index in [2.05, 4.69) is 5.32 Å². The monoisotopic (exact) mass is 285 g/mol. The number of benzene rings is 2. The minimum atomic E-state index is -0.711. The molecule has 1 atom stereocenters. The summed E-state index contributed by atoms with van der Waals surface area (Å²) in [5.41, 5.74) is 2.28. The van der Waals surface area contributed by atoms with Crippen LogP contribution in [0.25, 0.3) is 0 Å². The van der Waals surface area contributed by atoms with Crippen LogP contribution in [0.2, 0.25) is 0 Å². The molecule has 2 N–H and O–H groups in total. The van der Waals surface area contributed by atoms with Gasteiger partial charge in [-0.15, -0.1) is 0 Å². The van der Waals surface area contributed by atoms with Crippen molar-refractivity contribution < 1.29 is 14.6 Å². The summed E-state index contributed by atoms with van der Waals surface area (Å²) in [7, 11) is 1.61. The number of carbonyl (C=O) groups excluding carboxylic acids is 1. The number of methoxy groups -OCH3 is 1. The molecule has 4 nitrogen and oxygen atoms in total. The van der Waals surface area contributed by atoms with E-state index in [0.29, 0.717) is 12.2 Å². The summed E-state index contributed by atoms with van der Waals surface area (Å²) in [4.78, 5) is 12.1. The van der Waals surface area contributed by atoms with Crippen LogP contribution < -0.4 is 5.32 Å². The number of aliphatic hydroxyl groups is 1. The van der Waals surface area contributed by atoms with E-state index in [0.717, 1.165) is 11.1 Å². The van der Waals surface area contributed by atoms with Crippen molar-refractivity contribution in [2.45, 2.75) is 12.7 Å². The molecule has 0 spiro atoms. The van der Waals surface area contributed by atoms with E-state index in [1.165, 1.54) is 0 Å². The van der Waals surface area contributed by atoms with Crippen LogP contribution in [0.4, 0.5) is 0 Å². The molecule has 0 fully saturated rings. The predicted octanol–water partition coefficient (Wildman–Crippen LogP) is 2.30. The van der Waals surface area contributed by atoms with E-state index in [-0.39, 0.29) is 12.5 Å². The Kier molecular flexibility index (Phi) is 5.49. The van der Waals surface area contributed by atoms with Gasteiger partial charge in [0.1, 0.15) is 0 Å². The first-order valence-electron chi connectivity index (χ1n) is 6.80. The number of hydrogen-bond donors (Lipinski definition) is 2. The van der Waals surface area contributed by atoms with Crippen LogP contribution in [0.3, 0.4) is 0 Å². The third kappa shape index (κ3) is 4.41. The van der Waals surface area contributed by atoms with Gasteiger partial charge in [0, 0.05) is 19.2 Å². The van der Waals surface area contributed by atoms with Crippen LogP contribution in [0.15, 0.2) is 54.6 Å². The number of aliphatic hydroxyl groups excluding tert-OH is 1. The molecular formula is C17H19NO3. The minimum Gasteiger partial charge on any atom is -0.387 e. The van der Waals surface area contributed by atoms with Crippen molar-refractivity contribution in [1.82, 2.24) is 5.32 Å². The second-order valence-electron chi connectivity index (χ2n) is 4.77.